The average Bonchev–Trinajstić information content (AvgIpc) is 3.24. The van der Waals surface area contributed by atoms with Crippen molar-refractivity contribution in [1.29, 1.82) is 0 Å². The quantitative estimate of drug-likeness (QED) is 0.0221. The second-order valence-corrected chi connectivity index (χ2v) is 17.2. The molecule has 0 spiro atoms. The van der Waals surface area contributed by atoms with Crippen molar-refractivity contribution in [2.45, 2.75) is 262 Å². The predicted molar refractivity (Wildman–Crippen MR) is 238 cm³/mol. The van der Waals surface area contributed by atoms with E-state index >= 15 is 0 Å². The molecule has 1 heterocycles. The van der Waals surface area contributed by atoms with E-state index in [1.165, 1.54) is 122 Å². The number of hydrogen-bond donors (Lipinski definition) is 8. The van der Waals surface area contributed by atoms with Crippen LogP contribution in [0.5, 0.6) is 0 Å². The smallest absolute Gasteiger partial charge is 0.249 e. The summed E-state index contributed by atoms with van der Waals surface area (Å²) in [5, 5.41) is 74.9. The molecule has 0 aromatic heterocycles. The Morgan fingerprint density at radius 2 is 1.03 bits per heavy atom. The van der Waals surface area contributed by atoms with Crippen molar-refractivity contribution in [2.75, 3.05) is 13.2 Å². The molecule has 0 bridgehead atoms. The molecule has 0 saturated carbocycles. The number of carbonyl (C=O) groups excluding carboxylic acids is 1. The van der Waals surface area contributed by atoms with E-state index in [9.17, 15) is 40.5 Å². The molecule has 0 aromatic carbocycles. The number of carbonyl (C=O) groups is 1. The van der Waals surface area contributed by atoms with Gasteiger partial charge in [0.2, 0.25) is 5.91 Å². The summed E-state index contributed by atoms with van der Waals surface area (Å²) in [7, 11) is 0. The lowest BCUT2D eigenvalue weighted by Crippen LogP contribution is -2.60. The molecule has 11 heteroatoms. The zero-order valence-electron chi connectivity index (χ0n) is 37.5. The molecule has 1 aliphatic rings. The Balaban J connectivity index is 2.16. The molecule has 59 heavy (non-hydrogen) atoms. The molecular formula is C48H91NO10. The van der Waals surface area contributed by atoms with Gasteiger partial charge in [-0.15, -0.1) is 0 Å². The second kappa shape index (κ2) is 38.3. The van der Waals surface area contributed by atoms with Crippen LogP contribution in [0.25, 0.3) is 0 Å². The highest BCUT2D eigenvalue weighted by atomic mass is 16.7. The van der Waals surface area contributed by atoms with E-state index in [2.05, 4.69) is 43.5 Å². The SMILES string of the molecule is CCCCCCCCCCC/C=C\C/C=C\CCCCCCCCCCCCCCC(O)C(=O)NC(COC1OC(CO)C(O)C(O)C1O)C(O)C(O)CCCCCC. The van der Waals surface area contributed by atoms with Crippen LogP contribution in [-0.2, 0) is 14.3 Å². The third kappa shape index (κ3) is 28.0. The van der Waals surface area contributed by atoms with Crippen molar-refractivity contribution in [2.24, 2.45) is 0 Å². The van der Waals surface area contributed by atoms with E-state index in [0.29, 0.717) is 19.3 Å². The normalized spacial score (nSPS) is 21.9. The number of ether oxygens (including phenoxy) is 2. The number of nitrogens with one attached hydrogen (secondary N) is 1. The number of rotatable bonds is 40. The molecule has 1 aliphatic heterocycles. The van der Waals surface area contributed by atoms with Crippen LogP contribution in [0.15, 0.2) is 24.3 Å². The highest BCUT2D eigenvalue weighted by Crippen LogP contribution is 2.23. The van der Waals surface area contributed by atoms with E-state index in [1.54, 1.807) is 0 Å². The largest absolute Gasteiger partial charge is 0.394 e. The van der Waals surface area contributed by atoms with Crippen LogP contribution in [0.1, 0.15) is 206 Å². The first-order chi connectivity index (χ1) is 28.7. The summed E-state index contributed by atoms with van der Waals surface area (Å²) in [5.74, 6) is -0.705. The topological polar surface area (TPSA) is 189 Å². The van der Waals surface area contributed by atoms with E-state index in [-0.39, 0.29) is 6.42 Å². The Morgan fingerprint density at radius 1 is 0.593 bits per heavy atom. The van der Waals surface area contributed by atoms with Gasteiger partial charge in [0.15, 0.2) is 6.29 Å². The highest BCUT2D eigenvalue weighted by Gasteiger charge is 2.44. The first-order valence-corrected chi connectivity index (χ1v) is 24.2. The van der Waals surface area contributed by atoms with Crippen LogP contribution in [0, 0.1) is 0 Å². The Hall–Kier alpha value is -1.41. The van der Waals surface area contributed by atoms with Gasteiger partial charge in [-0.1, -0.05) is 186 Å². The van der Waals surface area contributed by atoms with E-state index in [4.69, 9.17) is 9.47 Å². The van der Waals surface area contributed by atoms with Gasteiger partial charge in [0, 0.05) is 0 Å². The Labute approximate surface area is 359 Å². The van der Waals surface area contributed by atoms with Crippen molar-refractivity contribution in [1.82, 2.24) is 5.32 Å². The fourth-order valence-electron chi connectivity index (χ4n) is 7.71. The van der Waals surface area contributed by atoms with Gasteiger partial charge in [-0.3, -0.25) is 4.79 Å². The van der Waals surface area contributed by atoms with Gasteiger partial charge in [-0.05, 0) is 44.9 Å². The minimum atomic E-state index is -1.66. The monoisotopic (exact) mass is 842 g/mol. The number of aliphatic hydroxyl groups is 7. The standard InChI is InChI=1S/C48H91NO10/c1-3-5-7-9-10-11-12-13-14-15-16-17-18-19-20-21-22-23-24-25-26-27-28-29-30-31-32-34-36-41(52)47(57)49-39(43(53)40(51)35-33-8-6-4-2)38-58-48-46(56)45(55)44(54)42(37-50)59-48/h16-17,19-20,39-46,48,50-56H,3-15,18,21-38H2,1-2H3,(H,49,57)/b17-16-,20-19-. The minimum absolute atomic E-state index is 0.258. The second-order valence-electron chi connectivity index (χ2n) is 17.2. The van der Waals surface area contributed by atoms with Crippen molar-refractivity contribution in [3.05, 3.63) is 24.3 Å². The fraction of sp³-hybridized carbons (Fsp3) is 0.896. The molecule has 0 aromatic rings. The highest BCUT2D eigenvalue weighted by molar-refractivity contribution is 5.80. The summed E-state index contributed by atoms with van der Waals surface area (Å²) in [5.41, 5.74) is 0. The van der Waals surface area contributed by atoms with E-state index in [0.717, 1.165) is 44.9 Å². The number of allylic oxidation sites excluding steroid dienone is 4. The Bertz CT molecular complexity index is 1010. The Kier molecular flexibility index (Phi) is 36.1. The maximum atomic E-state index is 13.0. The molecule has 1 amide bonds. The molecule has 1 rings (SSSR count). The number of aliphatic hydroxyl groups excluding tert-OH is 7. The number of amides is 1. The van der Waals surface area contributed by atoms with E-state index in [1.807, 2.05) is 0 Å². The van der Waals surface area contributed by atoms with Crippen molar-refractivity contribution in [3.8, 4) is 0 Å². The summed E-state index contributed by atoms with van der Waals surface area (Å²) in [4.78, 5) is 13.0. The van der Waals surface area contributed by atoms with Gasteiger partial charge in [0.25, 0.3) is 0 Å². The lowest BCUT2D eigenvalue weighted by molar-refractivity contribution is -0.303. The minimum Gasteiger partial charge on any atom is -0.394 e. The summed E-state index contributed by atoms with van der Waals surface area (Å²) in [6.07, 6.45) is 31.9. The lowest BCUT2D eigenvalue weighted by atomic mass is 9.98. The van der Waals surface area contributed by atoms with Gasteiger partial charge in [-0.2, -0.15) is 0 Å². The van der Waals surface area contributed by atoms with Gasteiger partial charge >= 0.3 is 0 Å². The van der Waals surface area contributed by atoms with Crippen LogP contribution in [-0.4, -0.2) is 110 Å². The van der Waals surface area contributed by atoms with Crippen LogP contribution < -0.4 is 5.32 Å². The molecule has 0 aliphatic carbocycles. The summed E-state index contributed by atoms with van der Waals surface area (Å²) in [6, 6.07) is -1.16. The lowest BCUT2D eigenvalue weighted by Gasteiger charge is -2.40. The fourth-order valence-corrected chi connectivity index (χ4v) is 7.71. The molecule has 8 N–H and O–H groups in total. The van der Waals surface area contributed by atoms with Crippen molar-refractivity contribution < 1.29 is 50.0 Å². The average molecular weight is 842 g/mol. The van der Waals surface area contributed by atoms with Gasteiger partial charge < -0.3 is 50.5 Å². The van der Waals surface area contributed by atoms with Crippen LogP contribution >= 0.6 is 0 Å². The molecule has 1 fully saturated rings. The summed E-state index contributed by atoms with van der Waals surface area (Å²) < 4.78 is 11.0. The summed E-state index contributed by atoms with van der Waals surface area (Å²) in [6.45, 7) is 3.29. The van der Waals surface area contributed by atoms with Crippen LogP contribution in [0.2, 0.25) is 0 Å². The summed E-state index contributed by atoms with van der Waals surface area (Å²) >= 11 is 0. The maximum absolute atomic E-state index is 13.0. The van der Waals surface area contributed by atoms with Crippen molar-refractivity contribution >= 4 is 5.91 Å². The molecule has 11 nitrogen and oxygen atoms in total. The molecular weight excluding hydrogens is 751 g/mol. The molecule has 9 atom stereocenters. The van der Waals surface area contributed by atoms with Gasteiger partial charge in [0.1, 0.15) is 36.6 Å². The number of hydrogen-bond acceptors (Lipinski definition) is 10. The van der Waals surface area contributed by atoms with E-state index < -0.39 is 74.2 Å². The van der Waals surface area contributed by atoms with Gasteiger partial charge in [-0.25, -0.2) is 0 Å². The zero-order chi connectivity index (χ0) is 43.4. The third-order valence-electron chi connectivity index (χ3n) is 11.8. The van der Waals surface area contributed by atoms with Crippen LogP contribution in [0.4, 0.5) is 0 Å². The predicted octanol–water partition coefficient (Wildman–Crippen LogP) is 8.23. The Morgan fingerprint density at radius 3 is 1.53 bits per heavy atom. The van der Waals surface area contributed by atoms with Crippen LogP contribution in [0.3, 0.4) is 0 Å². The first kappa shape index (κ1) is 55.6. The molecule has 9 unspecified atom stereocenters. The zero-order valence-corrected chi connectivity index (χ0v) is 37.5. The third-order valence-corrected chi connectivity index (χ3v) is 11.8. The first-order valence-electron chi connectivity index (χ1n) is 24.2. The van der Waals surface area contributed by atoms with Gasteiger partial charge in [0.05, 0.1) is 25.4 Å². The maximum Gasteiger partial charge on any atom is 0.249 e. The van der Waals surface area contributed by atoms with Crippen molar-refractivity contribution in [3.63, 3.8) is 0 Å². The molecule has 348 valence electrons. The number of unbranched alkanes of at least 4 members (excludes halogenated alkanes) is 24. The molecule has 1 saturated heterocycles. The molecule has 0 radical (unpaired) electrons.